The SMILES string of the molecule is BrC[C@H]1CCCC[C@H]1c1ccccc1. The van der Waals surface area contributed by atoms with Gasteiger partial charge in [-0.1, -0.05) is 59.1 Å². The molecule has 1 aromatic rings. The maximum absolute atomic E-state index is 3.65. The second-order valence-electron chi connectivity index (χ2n) is 4.22. The molecule has 0 bridgehead atoms. The van der Waals surface area contributed by atoms with Crippen LogP contribution < -0.4 is 0 Å². The average Bonchev–Trinajstić information content (AvgIpc) is 2.30. The molecule has 2 rings (SSSR count). The molecule has 1 aliphatic carbocycles. The third-order valence-corrected chi connectivity index (χ3v) is 4.17. The van der Waals surface area contributed by atoms with Gasteiger partial charge in [0.25, 0.3) is 0 Å². The molecular formula is C13H17Br. The number of alkyl halides is 1. The van der Waals surface area contributed by atoms with Gasteiger partial charge in [0.2, 0.25) is 0 Å². The molecule has 0 radical (unpaired) electrons. The smallest absolute Gasteiger partial charge is 0.00655 e. The van der Waals surface area contributed by atoms with E-state index in [1.165, 1.54) is 31.2 Å². The highest BCUT2D eigenvalue weighted by atomic mass is 79.9. The fourth-order valence-electron chi connectivity index (χ4n) is 2.53. The molecule has 1 saturated carbocycles. The number of rotatable bonds is 2. The van der Waals surface area contributed by atoms with Crippen LogP contribution in [0.1, 0.15) is 37.2 Å². The first kappa shape index (κ1) is 10.2. The van der Waals surface area contributed by atoms with Crippen LogP contribution in [0.4, 0.5) is 0 Å². The van der Waals surface area contributed by atoms with Gasteiger partial charge in [0.1, 0.15) is 0 Å². The maximum atomic E-state index is 3.65. The predicted molar refractivity (Wildman–Crippen MR) is 64.9 cm³/mol. The highest BCUT2D eigenvalue weighted by Crippen LogP contribution is 2.38. The summed E-state index contributed by atoms with van der Waals surface area (Å²) in [5.41, 5.74) is 1.54. The van der Waals surface area contributed by atoms with Gasteiger partial charge in [-0.25, -0.2) is 0 Å². The second-order valence-corrected chi connectivity index (χ2v) is 4.86. The molecule has 0 amide bonds. The van der Waals surface area contributed by atoms with Crippen molar-refractivity contribution in [2.45, 2.75) is 31.6 Å². The van der Waals surface area contributed by atoms with Crippen LogP contribution in [-0.2, 0) is 0 Å². The fraction of sp³-hybridized carbons (Fsp3) is 0.538. The second kappa shape index (κ2) is 4.97. The van der Waals surface area contributed by atoms with Crippen molar-refractivity contribution in [3.63, 3.8) is 0 Å². The standard InChI is InChI=1S/C13H17Br/c14-10-12-8-4-5-9-13(12)11-6-2-1-3-7-11/h1-3,6-7,12-13H,4-5,8-10H2/t12-,13+/m1/s1. The molecular weight excluding hydrogens is 236 g/mol. The minimum atomic E-state index is 0.796. The van der Waals surface area contributed by atoms with Crippen LogP contribution in [0.5, 0.6) is 0 Å². The van der Waals surface area contributed by atoms with Crippen LogP contribution >= 0.6 is 15.9 Å². The molecule has 0 nitrogen and oxygen atoms in total. The van der Waals surface area contributed by atoms with E-state index >= 15 is 0 Å². The van der Waals surface area contributed by atoms with Crippen LogP contribution in [-0.4, -0.2) is 5.33 Å². The first-order chi connectivity index (χ1) is 6.92. The Balaban J connectivity index is 2.15. The Labute approximate surface area is 94.8 Å². The highest BCUT2D eigenvalue weighted by Gasteiger charge is 2.24. The molecule has 1 aromatic carbocycles. The molecule has 2 atom stereocenters. The minimum Gasteiger partial charge on any atom is -0.0925 e. The molecule has 0 spiro atoms. The quantitative estimate of drug-likeness (QED) is 0.687. The van der Waals surface area contributed by atoms with Crippen molar-refractivity contribution in [3.8, 4) is 0 Å². The normalized spacial score (nSPS) is 27.5. The van der Waals surface area contributed by atoms with Crippen LogP contribution in [0.25, 0.3) is 0 Å². The van der Waals surface area contributed by atoms with E-state index in [2.05, 4.69) is 46.3 Å². The molecule has 1 aliphatic rings. The maximum Gasteiger partial charge on any atom is 0.00655 e. The van der Waals surface area contributed by atoms with Gasteiger partial charge < -0.3 is 0 Å². The zero-order valence-electron chi connectivity index (χ0n) is 8.45. The summed E-state index contributed by atoms with van der Waals surface area (Å²) in [7, 11) is 0. The first-order valence-electron chi connectivity index (χ1n) is 5.52. The van der Waals surface area contributed by atoms with Crippen molar-refractivity contribution in [3.05, 3.63) is 35.9 Å². The van der Waals surface area contributed by atoms with Crippen LogP contribution in [0, 0.1) is 5.92 Å². The lowest BCUT2D eigenvalue weighted by Gasteiger charge is -2.30. The van der Waals surface area contributed by atoms with Crippen LogP contribution in [0.2, 0.25) is 0 Å². The van der Waals surface area contributed by atoms with Gasteiger partial charge in [0, 0.05) is 5.33 Å². The van der Waals surface area contributed by atoms with E-state index in [0.29, 0.717) is 0 Å². The van der Waals surface area contributed by atoms with Gasteiger partial charge in [0.15, 0.2) is 0 Å². The summed E-state index contributed by atoms with van der Waals surface area (Å²) < 4.78 is 0. The topological polar surface area (TPSA) is 0 Å². The van der Waals surface area contributed by atoms with Gasteiger partial charge in [-0.3, -0.25) is 0 Å². The summed E-state index contributed by atoms with van der Waals surface area (Å²) in [6.45, 7) is 0. The van der Waals surface area contributed by atoms with E-state index in [-0.39, 0.29) is 0 Å². The van der Waals surface area contributed by atoms with Crippen molar-refractivity contribution in [2.24, 2.45) is 5.92 Å². The highest BCUT2D eigenvalue weighted by molar-refractivity contribution is 9.09. The van der Waals surface area contributed by atoms with Crippen molar-refractivity contribution in [2.75, 3.05) is 5.33 Å². The van der Waals surface area contributed by atoms with Crippen LogP contribution in [0.3, 0.4) is 0 Å². The van der Waals surface area contributed by atoms with Gasteiger partial charge in [-0.2, -0.15) is 0 Å². The Morgan fingerprint density at radius 2 is 1.79 bits per heavy atom. The van der Waals surface area contributed by atoms with Crippen molar-refractivity contribution in [1.29, 1.82) is 0 Å². The molecule has 76 valence electrons. The van der Waals surface area contributed by atoms with E-state index in [1.807, 2.05) is 0 Å². The zero-order chi connectivity index (χ0) is 9.80. The van der Waals surface area contributed by atoms with Crippen molar-refractivity contribution >= 4 is 15.9 Å². The van der Waals surface area contributed by atoms with E-state index in [4.69, 9.17) is 0 Å². The molecule has 0 N–H and O–H groups in total. The molecule has 1 heteroatoms. The van der Waals surface area contributed by atoms with Crippen molar-refractivity contribution < 1.29 is 0 Å². The third kappa shape index (κ3) is 2.20. The number of hydrogen-bond acceptors (Lipinski definition) is 0. The van der Waals surface area contributed by atoms with Crippen LogP contribution in [0.15, 0.2) is 30.3 Å². The molecule has 0 heterocycles. The largest absolute Gasteiger partial charge is 0.0925 e. The Morgan fingerprint density at radius 1 is 1.07 bits per heavy atom. The lowest BCUT2D eigenvalue weighted by atomic mass is 9.76. The summed E-state index contributed by atoms with van der Waals surface area (Å²) in [4.78, 5) is 0. The number of hydrogen-bond donors (Lipinski definition) is 0. The molecule has 0 aliphatic heterocycles. The monoisotopic (exact) mass is 252 g/mol. The lowest BCUT2D eigenvalue weighted by Crippen LogP contribution is -2.18. The van der Waals surface area contributed by atoms with Gasteiger partial charge in [0.05, 0.1) is 0 Å². The van der Waals surface area contributed by atoms with Crippen molar-refractivity contribution in [1.82, 2.24) is 0 Å². The summed E-state index contributed by atoms with van der Waals surface area (Å²) in [5.74, 6) is 1.65. The first-order valence-corrected chi connectivity index (χ1v) is 6.65. The van der Waals surface area contributed by atoms with E-state index < -0.39 is 0 Å². The molecule has 0 unspecified atom stereocenters. The zero-order valence-corrected chi connectivity index (χ0v) is 10.0. The summed E-state index contributed by atoms with van der Waals surface area (Å²) in [5, 5.41) is 1.16. The van der Waals surface area contributed by atoms with Gasteiger partial charge in [-0.15, -0.1) is 0 Å². The Morgan fingerprint density at radius 3 is 2.50 bits per heavy atom. The molecule has 0 saturated heterocycles. The Kier molecular flexibility index (Phi) is 3.63. The Hall–Kier alpha value is -0.300. The molecule has 1 fully saturated rings. The average molecular weight is 253 g/mol. The van der Waals surface area contributed by atoms with E-state index in [9.17, 15) is 0 Å². The minimum absolute atomic E-state index is 0.796. The summed E-state index contributed by atoms with van der Waals surface area (Å²) in [6.07, 6.45) is 5.59. The summed E-state index contributed by atoms with van der Waals surface area (Å²) in [6, 6.07) is 11.0. The molecule has 0 aromatic heterocycles. The fourth-order valence-corrected chi connectivity index (χ4v) is 3.31. The Bertz CT molecular complexity index is 268. The molecule has 14 heavy (non-hydrogen) atoms. The van der Waals surface area contributed by atoms with Gasteiger partial charge in [-0.05, 0) is 30.2 Å². The van der Waals surface area contributed by atoms with Gasteiger partial charge >= 0.3 is 0 Å². The van der Waals surface area contributed by atoms with E-state index in [0.717, 1.165) is 17.2 Å². The predicted octanol–water partition coefficient (Wildman–Crippen LogP) is 4.36. The third-order valence-electron chi connectivity index (χ3n) is 3.33. The number of halogens is 1. The lowest BCUT2D eigenvalue weighted by molar-refractivity contribution is 0.337. The number of benzene rings is 1. The summed E-state index contributed by atoms with van der Waals surface area (Å²) >= 11 is 3.65. The van der Waals surface area contributed by atoms with E-state index in [1.54, 1.807) is 0 Å².